The average molecular weight is 479 g/mol. The lowest BCUT2D eigenvalue weighted by Gasteiger charge is -2.34. The number of amides is 1. The van der Waals surface area contributed by atoms with Crippen molar-refractivity contribution in [2.24, 2.45) is 5.92 Å². The van der Waals surface area contributed by atoms with Gasteiger partial charge in [0, 0.05) is 36.9 Å². The molecule has 4 rings (SSSR count). The van der Waals surface area contributed by atoms with Crippen LogP contribution in [0.15, 0.2) is 48.8 Å². The van der Waals surface area contributed by atoms with Gasteiger partial charge in [0.25, 0.3) is 5.91 Å². The van der Waals surface area contributed by atoms with Gasteiger partial charge in [-0.05, 0) is 24.8 Å². The normalized spacial score (nSPS) is 17.8. The lowest BCUT2D eigenvalue weighted by Crippen LogP contribution is -2.38. The highest BCUT2D eigenvalue weighted by Crippen LogP contribution is 2.31. The number of aromatic nitrogens is 5. The van der Waals surface area contributed by atoms with Crippen LogP contribution in [0.4, 0.5) is 27.9 Å². The Bertz CT molecular complexity index is 1210. The molecule has 8 nitrogen and oxygen atoms in total. The molecule has 3 aromatic rings. The monoisotopic (exact) mass is 479 g/mol. The van der Waals surface area contributed by atoms with Gasteiger partial charge in [-0.15, -0.1) is 0 Å². The van der Waals surface area contributed by atoms with E-state index in [2.05, 4.69) is 25.5 Å². The molecule has 1 aliphatic rings. The van der Waals surface area contributed by atoms with Crippen LogP contribution in [-0.2, 0) is 6.18 Å². The predicted molar refractivity (Wildman–Crippen MR) is 109 cm³/mol. The molecular weight excluding hydrogens is 461 g/mol. The van der Waals surface area contributed by atoms with Gasteiger partial charge in [-0.2, -0.15) is 28.2 Å². The van der Waals surface area contributed by atoms with E-state index in [-0.39, 0.29) is 29.7 Å². The molecular formula is C21H18F5N7O. The standard InChI is InChI=1S/C21H18F5N7O/c1-12-3-2-6-32(18(12)11-29-20-27-9-13(10-28-20)21(24,25)26)19(34)14-7-15(22)16(23)8-17(14)33-30-4-5-31-33/h4-5,7-12H,2-3,6H2,1H3,(H,27,28,29)/b18-11+/t12-/m1/s1. The molecule has 0 spiro atoms. The van der Waals surface area contributed by atoms with E-state index in [0.717, 1.165) is 23.4 Å². The van der Waals surface area contributed by atoms with Crippen LogP contribution in [0.25, 0.3) is 5.69 Å². The zero-order valence-electron chi connectivity index (χ0n) is 17.7. The molecule has 2 aromatic heterocycles. The van der Waals surface area contributed by atoms with Crippen LogP contribution in [0.5, 0.6) is 0 Å². The van der Waals surface area contributed by atoms with Crippen molar-refractivity contribution in [1.82, 2.24) is 29.9 Å². The van der Waals surface area contributed by atoms with Crippen LogP contribution in [0.1, 0.15) is 35.7 Å². The number of carbonyl (C=O) groups excluding carboxylic acids is 1. The molecule has 1 aromatic carbocycles. The number of likely N-dealkylation sites (tertiary alicyclic amines) is 1. The Balaban J connectivity index is 1.65. The summed E-state index contributed by atoms with van der Waals surface area (Å²) in [7, 11) is 0. The highest BCUT2D eigenvalue weighted by Gasteiger charge is 2.32. The van der Waals surface area contributed by atoms with Crippen molar-refractivity contribution in [2.45, 2.75) is 25.9 Å². The smallest absolute Gasteiger partial charge is 0.329 e. The number of alkyl halides is 3. The average Bonchev–Trinajstić information content (AvgIpc) is 3.34. The minimum absolute atomic E-state index is 0.0366. The van der Waals surface area contributed by atoms with Crippen LogP contribution >= 0.6 is 0 Å². The van der Waals surface area contributed by atoms with Gasteiger partial charge in [-0.1, -0.05) is 6.92 Å². The van der Waals surface area contributed by atoms with Crippen molar-refractivity contribution in [3.05, 3.63) is 71.6 Å². The predicted octanol–water partition coefficient (Wildman–Crippen LogP) is 4.18. The third-order valence-corrected chi connectivity index (χ3v) is 5.31. The Labute approximate surface area is 190 Å². The maximum absolute atomic E-state index is 14.1. The third-order valence-electron chi connectivity index (χ3n) is 5.31. The molecule has 1 aliphatic heterocycles. The van der Waals surface area contributed by atoms with Crippen LogP contribution in [0, 0.1) is 17.6 Å². The Morgan fingerprint density at radius 2 is 1.76 bits per heavy atom. The van der Waals surface area contributed by atoms with E-state index in [0.29, 0.717) is 24.5 Å². The van der Waals surface area contributed by atoms with E-state index >= 15 is 0 Å². The second-order valence-corrected chi connectivity index (χ2v) is 7.61. The molecule has 0 aliphatic carbocycles. The lowest BCUT2D eigenvalue weighted by atomic mass is 9.95. The first-order valence-corrected chi connectivity index (χ1v) is 10.2. The summed E-state index contributed by atoms with van der Waals surface area (Å²) in [6.07, 6.45) is 2.20. The van der Waals surface area contributed by atoms with Gasteiger partial charge in [-0.25, -0.2) is 18.7 Å². The lowest BCUT2D eigenvalue weighted by molar-refractivity contribution is -0.138. The van der Waals surface area contributed by atoms with E-state index in [1.807, 2.05) is 6.92 Å². The Kier molecular flexibility index (Phi) is 6.26. The molecule has 178 valence electrons. The molecule has 1 fully saturated rings. The van der Waals surface area contributed by atoms with Crippen LogP contribution < -0.4 is 5.32 Å². The molecule has 0 radical (unpaired) electrons. The van der Waals surface area contributed by atoms with Crippen LogP contribution in [0.3, 0.4) is 0 Å². The Hall–Kier alpha value is -3.90. The summed E-state index contributed by atoms with van der Waals surface area (Å²) in [5.41, 5.74) is -0.693. The number of hydrogen-bond donors (Lipinski definition) is 1. The molecule has 1 saturated heterocycles. The molecule has 34 heavy (non-hydrogen) atoms. The van der Waals surface area contributed by atoms with Gasteiger partial charge in [0.1, 0.15) is 5.69 Å². The number of anilines is 1. The fourth-order valence-corrected chi connectivity index (χ4v) is 3.58. The second kappa shape index (κ2) is 9.15. The van der Waals surface area contributed by atoms with Crippen molar-refractivity contribution in [1.29, 1.82) is 0 Å². The summed E-state index contributed by atoms with van der Waals surface area (Å²) in [4.78, 5) is 23.2. The van der Waals surface area contributed by atoms with Gasteiger partial charge >= 0.3 is 6.18 Å². The Morgan fingerprint density at radius 1 is 1.12 bits per heavy atom. The zero-order chi connectivity index (χ0) is 24.5. The van der Waals surface area contributed by atoms with Crippen LogP contribution in [-0.4, -0.2) is 42.3 Å². The summed E-state index contributed by atoms with van der Waals surface area (Å²) in [6.45, 7) is 2.15. The third kappa shape index (κ3) is 4.72. The SMILES string of the molecule is C[C@@H]1CCCN(C(=O)c2cc(F)c(F)cc2-n2nccn2)/C1=C/Nc1ncc(C(F)(F)F)cn1. The molecule has 13 heteroatoms. The first kappa shape index (κ1) is 23.3. The largest absolute Gasteiger partial charge is 0.419 e. The molecule has 0 saturated carbocycles. The minimum atomic E-state index is -4.57. The number of nitrogens with one attached hydrogen (secondary N) is 1. The summed E-state index contributed by atoms with van der Waals surface area (Å²) in [6, 6.07) is 1.63. The van der Waals surface area contributed by atoms with Crippen molar-refractivity contribution in [2.75, 3.05) is 11.9 Å². The first-order valence-electron chi connectivity index (χ1n) is 10.2. The maximum Gasteiger partial charge on any atom is 0.419 e. The fourth-order valence-electron chi connectivity index (χ4n) is 3.58. The first-order chi connectivity index (χ1) is 16.1. The summed E-state index contributed by atoms with van der Waals surface area (Å²) >= 11 is 0. The number of carbonyl (C=O) groups is 1. The maximum atomic E-state index is 14.1. The van der Waals surface area contributed by atoms with E-state index in [1.165, 1.54) is 23.5 Å². The van der Waals surface area contributed by atoms with E-state index in [9.17, 15) is 26.7 Å². The number of benzene rings is 1. The van der Waals surface area contributed by atoms with E-state index in [4.69, 9.17) is 0 Å². The minimum Gasteiger partial charge on any atom is -0.329 e. The molecule has 1 atom stereocenters. The molecule has 0 bridgehead atoms. The van der Waals surface area contributed by atoms with Crippen molar-refractivity contribution < 1.29 is 26.7 Å². The van der Waals surface area contributed by atoms with Gasteiger partial charge in [-0.3, -0.25) is 4.79 Å². The summed E-state index contributed by atoms with van der Waals surface area (Å²) in [5, 5.41) is 10.5. The van der Waals surface area contributed by atoms with Crippen molar-refractivity contribution in [3.63, 3.8) is 0 Å². The van der Waals surface area contributed by atoms with Crippen molar-refractivity contribution >= 4 is 11.9 Å². The number of piperidine rings is 1. The molecule has 0 unspecified atom stereocenters. The molecule has 3 heterocycles. The number of nitrogens with zero attached hydrogens (tertiary/aromatic N) is 6. The van der Waals surface area contributed by atoms with E-state index in [1.54, 1.807) is 0 Å². The molecule has 1 N–H and O–H groups in total. The van der Waals surface area contributed by atoms with Crippen LogP contribution in [0.2, 0.25) is 0 Å². The zero-order valence-corrected chi connectivity index (χ0v) is 17.7. The fraction of sp³-hybridized carbons (Fsp3) is 0.286. The number of halogens is 5. The second-order valence-electron chi connectivity index (χ2n) is 7.61. The number of allylic oxidation sites excluding steroid dienone is 1. The number of hydrogen-bond acceptors (Lipinski definition) is 6. The van der Waals surface area contributed by atoms with Gasteiger partial charge in [0.15, 0.2) is 11.6 Å². The highest BCUT2D eigenvalue weighted by molar-refractivity contribution is 5.99. The topological polar surface area (TPSA) is 88.8 Å². The Morgan fingerprint density at radius 3 is 2.41 bits per heavy atom. The van der Waals surface area contributed by atoms with Gasteiger partial charge in [0.05, 0.1) is 23.5 Å². The van der Waals surface area contributed by atoms with Crippen molar-refractivity contribution in [3.8, 4) is 5.69 Å². The highest BCUT2D eigenvalue weighted by atomic mass is 19.4. The summed E-state index contributed by atoms with van der Waals surface area (Å²) < 4.78 is 66.2. The van der Waals surface area contributed by atoms with E-state index < -0.39 is 29.3 Å². The summed E-state index contributed by atoms with van der Waals surface area (Å²) in [5.74, 6) is -3.20. The molecule has 1 amide bonds. The van der Waals surface area contributed by atoms with Gasteiger partial charge in [0.2, 0.25) is 5.95 Å². The number of rotatable bonds is 4. The quantitative estimate of drug-likeness (QED) is 0.565. The van der Waals surface area contributed by atoms with Gasteiger partial charge < -0.3 is 10.2 Å².